The van der Waals surface area contributed by atoms with Gasteiger partial charge in [-0.15, -0.1) is 0 Å². The number of sulfonamides is 1. The molecule has 0 bridgehead atoms. The van der Waals surface area contributed by atoms with E-state index in [2.05, 4.69) is 12.2 Å². The normalized spacial score (nSPS) is 22.6. The Morgan fingerprint density at radius 2 is 1.88 bits per heavy atom. The van der Waals surface area contributed by atoms with Crippen molar-refractivity contribution in [2.75, 3.05) is 13.6 Å². The lowest BCUT2D eigenvalue weighted by Gasteiger charge is -2.31. The zero-order valence-electron chi connectivity index (χ0n) is 15.2. The largest absolute Gasteiger partial charge is 0.352 e. The third kappa shape index (κ3) is 5.52. The van der Waals surface area contributed by atoms with E-state index in [1.165, 1.54) is 31.4 Å². The molecule has 7 heteroatoms. The summed E-state index contributed by atoms with van der Waals surface area (Å²) in [6.07, 6.45) is 4.66. The van der Waals surface area contributed by atoms with Gasteiger partial charge in [0.15, 0.2) is 0 Å². The fourth-order valence-corrected chi connectivity index (χ4v) is 3.85. The van der Waals surface area contributed by atoms with Crippen molar-refractivity contribution < 1.29 is 13.2 Å². The SMILES string of the molecule is CC1CCCCC1NC(=O)CN(C)C(C)c1ccc(S(N)(=O)=O)cc1. The maximum atomic E-state index is 12.3. The van der Waals surface area contributed by atoms with Gasteiger partial charge < -0.3 is 5.32 Å². The summed E-state index contributed by atoms with van der Waals surface area (Å²) >= 11 is 0. The Labute approximate surface area is 150 Å². The van der Waals surface area contributed by atoms with Crippen molar-refractivity contribution in [3.8, 4) is 0 Å². The number of hydrogen-bond donors (Lipinski definition) is 2. The van der Waals surface area contributed by atoms with E-state index in [0.717, 1.165) is 12.0 Å². The van der Waals surface area contributed by atoms with E-state index in [0.29, 0.717) is 12.5 Å². The van der Waals surface area contributed by atoms with Crippen LogP contribution >= 0.6 is 0 Å². The van der Waals surface area contributed by atoms with Crippen LogP contribution in [0, 0.1) is 5.92 Å². The summed E-state index contributed by atoms with van der Waals surface area (Å²) in [6.45, 7) is 4.49. The van der Waals surface area contributed by atoms with E-state index < -0.39 is 10.0 Å². The first-order chi connectivity index (χ1) is 11.7. The topological polar surface area (TPSA) is 92.5 Å². The minimum absolute atomic E-state index is 0.0101. The molecule has 1 aliphatic rings. The highest BCUT2D eigenvalue weighted by Crippen LogP contribution is 2.24. The van der Waals surface area contributed by atoms with Crippen LogP contribution in [-0.4, -0.2) is 38.9 Å². The maximum Gasteiger partial charge on any atom is 0.238 e. The number of carbonyl (C=O) groups is 1. The van der Waals surface area contributed by atoms with E-state index in [4.69, 9.17) is 5.14 Å². The Morgan fingerprint density at radius 1 is 1.28 bits per heavy atom. The maximum absolute atomic E-state index is 12.3. The first-order valence-electron chi connectivity index (χ1n) is 8.81. The molecule has 0 aromatic heterocycles. The van der Waals surface area contributed by atoms with E-state index in [1.54, 1.807) is 12.1 Å². The van der Waals surface area contributed by atoms with Crippen molar-refractivity contribution in [1.82, 2.24) is 10.2 Å². The molecular weight excluding hydrogens is 338 g/mol. The zero-order chi connectivity index (χ0) is 18.6. The first-order valence-corrected chi connectivity index (χ1v) is 10.4. The number of likely N-dealkylation sites (N-methyl/N-ethyl adjacent to an activating group) is 1. The molecule has 3 unspecified atom stereocenters. The second-order valence-electron chi connectivity index (χ2n) is 7.14. The lowest BCUT2D eigenvalue weighted by molar-refractivity contribution is -0.123. The molecule has 0 aliphatic heterocycles. The molecule has 0 saturated heterocycles. The lowest BCUT2D eigenvalue weighted by atomic mass is 9.86. The van der Waals surface area contributed by atoms with Crippen LogP contribution in [0.4, 0.5) is 0 Å². The van der Waals surface area contributed by atoms with Gasteiger partial charge >= 0.3 is 0 Å². The molecule has 140 valence electrons. The molecule has 1 fully saturated rings. The van der Waals surface area contributed by atoms with Gasteiger partial charge in [-0.05, 0) is 50.4 Å². The Hall–Kier alpha value is -1.44. The Balaban J connectivity index is 1.93. The molecule has 25 heavy (non-hydrogen) atoms. The van der Waals surface area contributed by atoms with Gasteiger partial charge in [-0.2, -0.15) is 0 Å². The summed E-state index contributed by atoms with van der Waals surface area (Å²) in [4.78, 5) is 14.4. The van der Waals surface area contributed by atoms with Crippen molar-refractivity contribution in [2.24, 2.45) is 11.1 Å². The second kappa shape index (κ2) is 8.29. The van der Waals surface area contributed by atoms with Gasteiger partial charge in [0.1, 0.15) is 0 Å². The molecule has 0 heterocycles. The molecule has 1 aromatic rings. The third-order valence-corrected chi connectivity index (χ3v) is 6.13. The fraction of sp³-hybridized carbons (Fsp3) is 0.611. The quantitative estimate of drug-likeness (QED) is 0.804. The highest BCUT2D eigenvalue weighted by atomic mass is 32.2. The smallest absolute Gasteiger partial charge is 0.238 e. The molecule has 3 N–H and O–H groups in total. The zero-order valence-corrected chi connectivity index (χ0v) is 16.1. The monoisotopic (exact) mass is 367 g/mol. The van der Waals surface area contributed by atoms with Crippen LogP contribution < -0.4 is 10.5 Å². The number of nitrogens with two attached hydrogens (primary N) is 1. The number of primary sulfonamides is 1. The number of hydrogen-bond acceptors (Lipinski definition) is 4. The van der Waals surface area contributed by atoms with Crippen molar-refractivity contribution >= 4 is 15.9 Å². The van der Waals surface area contributed by atoms with E-state index in [-0.39, 0.29) is 22.9 Å². The predicted molar refractivity (Wildman–Crippen MR) is 98.4 cm³/mol. The van der Waals surface area contributed by atoms with Gasteiger partial charge in [-0.25, -0.2) is 13.6 Å². The number of nitrogens with zero attached hydrogens (tertiary/aromatic N) is 1. The molecule has 1 amide bonds. The Kier molecular flexibility index (Phi) is 6.59. The molecule has 1 saturated carbocycles. The molecule has 1 aromatic carbocycles. The average molecular weight is 368 g/mol. The summed E-state index contributed by atoms with van der Waals surface area (Å²) in [7, 11) is -1.79. The van der Waals surface area contributed by atoms with E-state index in [9.17, 15) is 13.2 Å². The van der Waals surface area contributed by atoms with Gasteiger partial charge in [-0.1, -0.05) is 31.9 Å². The Morgan fingerprint density at radius 3 is 2.44 bits per heavy atom. The summed E-state index contributed by atoms with van der Waals surface area (Å²) < 4.78 is 22.6. The van der Waals surface area contributed by atoms with Crippen LogP contribution in [0.25, 0.3) is 0 Å². The first kappa shape index (κ1) is 19.9. The van der Waals surface area contributed by atoms with Crippen LogP contribution in [0.15, 0.2) is 29.2 Å². The van der Waals surface area contributed by atoms with Gasteiger partial charge in [0.05, 0.1) is 11.4 Å². The summed E-state index contributed by atoms with van der Waals surface area (Å²) in [5.74, 6) is 0.570. The van der Waals surface area contributed by atoms with Gasteiger partial charge in [0.25, 0.3) is 0 Å². The Bertz CT molecular complexity index is 688. The van der Waals surface area contributed by atoms with Crippen molar-refractivity contribution in [3.05, 3.63) is 29.8 Å². The number of benzene rings is 1. The fourth-order valence-electron chi connectivity index (χ4n) is 3.34. The summed E-state index contributed by atoms with van der Waals surface area (Å²) in [5, 5.41) is 8.28. The van der Waals surface area contributed by atoms with Crippen molar-refractivity contribution in [1.29, 1.82) is 0 Å². The number of nitrogens with one attached hydrogen (secondary N) is 1. The highest BCUT2D eigenvalue weighted by molar-refractivity contribution is 7.89. The van der Waals surface area contributed by atoms with Crippen molar-refractivity contribution in [2.45, 2.75) is 56.5 Å². The van der Waals surface area contributed by atoms with Gasteiger partial charge in [-0.3, -0.25) is 9.69 Å². The number of amides is 1. The summed E-state index contributed by atoms with van der Waals surface area (Å²) in [5.41, 5.74) is 0.939. The number of carbonyl (C=O) groups excluding carboxylic acids is 1. The molecule has 6 nitrogen and oxygen atoms in total. The molecule has 1 aliphatic carbocycles. The second-order valence-corrected chi connectivity index (χ2v) is 8.70. The molecule has 0 radical (unpaired) electrons. The molecule has 0 spiro atoms. The van der Waals surface area contributed by atoms with E-state index >= 15 is 0 Å². The standard InChI is InChI=1S/C18H29N3O3S/c1-13-6-4-5-7-17(13)20-18(22)12-21(3)14(2)15-8-10-16(11-9-15)25(19,23)24/h8-11,13-14,17H,4-7,12H2,1-3H3,(H,20,22)(H2,19,23,24). The summed E-state index contributed by atoms with van der Waals surface area (Å²) in [6, 6.07) is 6.74. The van der Waals surface area contributed by atoms with Gasteiger partial charge in [0, 0.05) is 12.1 Å². The number of rotatable bonds is 6. The highest BCUT2D eigenvalue weighted by Gasteiger charge is 2.24. The molecule has 2 rings (SSSR count). The predicted octanol–water partition coefficient (Wildman–Crippen LogP) is 2.02. The third-order valence-electron chi connectivity index (χ3n) is 5.20. The van der Waals surface area contributed by atoms with Crippen LogP contribution in [0.1, 0.15) is 51.1 Å². The van der Waals surface area contributed by atoms with Crippen LogP contribution in [-0.2, 0) is 14.8 Å². The average Bonchev–Trinajstić information content (AvgIpc) is 2.55. The minimum atomic E-state index is -3.68. The van der Waals surface area contributed by atoms with Crippen LogP contribution in [0.3, 0.4) is 0 Å². The lowest BCUT2D eigenvalue weighted by Crippen LogP contribution is -2.45. The van der Waals surface area contributed by atoms with Crippen molar-refractivity contribution in [3.63, 3.8) is 0 Å². The molecule has 3 atom stereocenters. The van der Waals surface area contributed by atoms with Crippen LogP contribution in [0.5, 0.6) is 0 Å². The molecular formula is C18H29N3O3S. The van der Waals surface area contributed by atoms with Crippen LogP contribution in [0.2, 0.25) is 0 Å². The minimum Gasteiger partial charge on any atom is -0.352 e. The van der Waals surface area contributed by atoms with E-state index in [1.807, 2.05) is 18.9 Å². The van der Waals surface area contributed by atoms with Gasteiger partial charge in [0.2, 0.25) is 15.9 Å².